The number of carbonyl (C=O) groups excluding carboxylic acids is 3. The van der Waals surface area contributed by atoms with Crippen LogP contribution in [0.3, 0.4) is 0 Å². The Labute approximate surface area is 169 Å². The normalized spacial score (nSPS) is 22.7. The molecule has 7 nitrogen and oxygen atoms in total. The van der Waals surface area contributed by atoms with Gasteiger partial charge in [-0.2, -0.15) is 13.2 Å². The topological polar surface area (TPSA) is 93.1 Å². The zero-order valence-corrected chi connectivity index (χ0v) is 16.0. The fourth-order valence-electron chi connectivity index (χ4n) is 3.44. The van der Waals surface area contributed by atoms with E-state index in [0.717, 1.165) is 30.2 Å². The van der Waals surface area contributed by atoms with E-state index in [-0.39, 0.29) is 18.0 Å². The van der Waals surface area contributed by atoms with E-state index >= 15 is 0 Å². The Morgan fingerprint density at radius 3 is 2.17 bits per heavy atom. The molecule has 1 aliphatic carbocycles. The first-order valence-electron chi connectivity index (χ1n) is 8.95. The number of halogens is 3. The van der Waals surface area contributed by atoms with Crippen molar-refractivity contribution in [3.63, 3.8) is 0 Å². The van der Waals surface area contributed by atoms with Crippen LogP contribution in [0.4, 0.5) is 18.9 Å². The lowest BCUT2D eigenvalue weighted by Crippen LogP contribution is -2.50. The van der Waals surface area contributed by atoms with Crippen molar-refractivity contribution >= 4 is 23.5 Å². The third-order valence-corrected chi connectivity index (χ3v) is 4.97. The fraction of sp³-hybridized carbons (Fsp3) is 0.350. The number of anilines is 1. The first-order valence-corrected chi connectivity index (χ1v) is 8.95. The molecule has 30 heavy (non-hydrogen) atoms. The van der Waals surface area contributed by atoms with Gasteiger partial charge in [-0.1, -0.05) is 30.4 Å². The van der Waals surface area contributed by atoms with E-state index in [1.54, 1.807) is 24.3 Å². The molecule has 160 valence electrons. The Kier molecular flexibility index (Phi) is 5.46. The Bertz CT molecular complexity index is 924. The Morgan fingerprint density at radius 1 is 1.13 bits per heavy atom. The summed E-state index contributed by atoms with van der Waals surface area (Å²) in [5.74, 6) is -4.77. The number of hydrogen-bond donors (Lipinski definition) is 1. The van der Waals surface area contributed by atoms with Crippen LogP contribution in [-0.4, -0.2) is 42.8 Å². The number of alkyl halides is 3. The van der Waals surface area contributed by atoms with Crippen molar-refractivity contribution in [2.45, 2.75) is 18.7 Å². The van der Waals surface area contributed by atoms with Crippen LogP contribution < -0.4 is 9.64 Å². The van der Waals surface area contributed by atoms with Crippen molar-refractivity contribution in [1.82, 2.24) is 0 Å². The molecule has 1 heterocycles. The molecule has 1 aromatic carbocycles. The maximum Gasteiger partial charge on any atom is 0.432 e. The minimum atomic E-state index is -5.39. The molecule has 2 amide bonds. The zero-order chi connectivity index (χ0) is 22.3. The fourth-order valence-corrected chi connectivity index (χ4v) is 3.44. The Hall–Kier alpha value is -3.14. The highest BCUT2D eigenvalue weighted by atomic mass is 19.4. The molecule has 0 spiro atoms. The van der Waals surface area contributed by atoms with Crippen LogP contribution in [0.1, 0.15) is 12.5 Å². The number of benzene rings is 1. The van der Waals surface area contributed by atoms with Crippen molar-refractivity contribution in [2.75, 3.05) is 18.6 Å². The predicted molar refractivity (Wildman–Crippen MR) is 97.3 cm³/mol. The summed E-state index contributed by atoms with van der Waals surface area (Å²) in [4.78, 5) is 38.2. The molecule has 2 aliphatic rings. The second-order valence-corrected chi connectivity index (χ2v) is 6.65. The number of fused-ring (bicyclic) bond motifs is 1. The van der Waals surface area contributed by atoms with Gasteiger partial charge in [0.2, 0.25) is 11.8 Å². The third-order valence-electron chi connectivity index (χ3n) is 4.97. The maximum atomic E-state index is 13.6. The highest BCUT2D eigenvalue weighted by molar-refractivity contribution is 6.24. The van der Waals surface area contributed by atoms with Crippen LogP contribution in [0.2, 0.25) is 0 Å². The number of methoxy groups -OCH3 is 1. The largest absolute Gasteiger partial charge is 0.495 e. The number of amides is 2. The molecular weight excluding hydrogens is 407 g/mol. The molecule has 1 fully saturated rings. The number of nitrogens with zero attached hydrogens (tertiary/aromatic N) is 1. The van der Waals surface area contributed by atoms with E-state index < -0.39 is 47.0 Å². The Balaban J connectivity index is 2.08. The minimum absolute atomic E-state index is 0.0965. The molecule has 0 bridgehead atoms. The van der Waals surface area contributed by atoms with Gasteiger partial charge in [0, 0.05) is 5.56 Å². The third kappa shape index (κ3) is 3.17. The number of rotatable bonds is 5. The molecule has 1 aromatic rings. The van der Waals surface area contributed by atoms with Crippen molar-refractivity contribution in [2.24, 2.45) is 11.8 Å². The van der Waals surface area contributed by atoms with E-state index in [1.165, 1.54) is 6.92 Å². The SMILES string of the molecule is CCOC(=O)C(O)(c1ccc(N2C(=O)C3C=CC=CC3C2=O)c(OC)c1)C(F)(F)F. The average Bonchev–Trinajstić information content (AvgIpc) is 2.96. The molecular formula is C20H18F3NO6. The first kappa shape index (κ1) is 21.6. The molecule has 3 atom stereocenters. The Morgan fingerprint density at radius 2 is 1.70 bits per heavy atom. The van der Waals surface area contributed by atoms with Gasteiger partial charge in [-0.15, -0.1) is 0 Å². The molecule has 10 heteroatoms. The van der Waals surface area contributed by atoms with E-state index in [0.29, 0.717) is 0 Å². The van der Waals surface area contributed by atoms with Gasteiger partial charge in [0.25, 0.3) is 5.60 Å². The number of carbonyl (C=O) groups is 3. The van der Waals surface area contributed by atoms with Crippen LogP contribution in [0.5, 0.6) is 5.75 Å². The highest BCUT2D eigenvalue weighted by Gasteiger charge is 2.62. The summed E-state index contributed by atoms with van der Waals surface area (Å²) in [6.45, 7) is 0.915. The lowest BCUT2D eigenvalue weighted by Gasteiger charge is -2.29. The van der Waals surface area contributed by atoms with Crippen molar-refractivity contribution in [3.8, 4) is 5.75 Å². The van der Waals surface area contributed by atoms with E-state index in [4.69, 9.17) is 4.74 Å². The van der Waals surface area contributed by atoms with Crippen molar-refractivity contribution in [3.05, 3.63) is 48.1 Å². The molecule has 1 N–H and O–H groups in total. The zero-order valence-electron chi connectivity index (χ0n) is 16.0. The van der Waals surface area contributed by atoms with Crippen molar-refractivity contribution in [1.29, 1.82) is 0 Å². The van der Waals surface area contributed by atoms with Crippen molar-refractivity contribution < 1.29 is 42.1 Å². The van der Waals surface area contributed by atoms with Gasteiger partial charge in [-0.05, 0) is 19.1 Å². The summed E-state index contributed by atoms with van der Waals surface area (Å²) >= 11 is 0. The van der Waals surface area contributed by atoms with Crippen LogP contribution >= 0.6 is 0 Å². The summed E-state index contributed by atoms with van der Waals surface area (Å²) in [5.41, 5.74) is -4.92. The van der Waals surface area contributed by atoms with Gasteiger partial charge in [0.1, 0.15) is 5.75 Å². The summed E-state index contributed by atoms with van der Waals surface area (Å²) < 4.78 is 50.3. The van der Waals surface area contributed by atoms with Crippen LogP contribution in [0.15, 0.2) is 42.5 Å². The number of esters is 1. The van der Waals surface area contributed by atoms with E-state index in [2.05, 4.69) is 4.74 Å². The second-order valence-electron chi connectivity index (χ2n) is 6.65. The maximum absolute atomic E-state index is 13.6. The lowest BCUT2D eigenvalue weighted by molar-refractivity contribution is -0.267. The van der Waals surface area contributed by atoms with Crippen LogP contribution in [0, 0.1) is 11.8 Å². The number of aliphatic hydroxyl groups is 1. The van der Waals surface area contributed by atoms with Gasteiger partial charge >= 0.3 is 12.1 Å². The molecule has 0 saturated carbocycles. The predicted octanol–water partition coefficient (Wildman–Crippen LogP) is 2.24. The van der Waals surface area contributed by atoms with E-state index in [1.807, 2.05) is 0 Å². The van der Waals surface area contributed by atoms with E-state index in [9.17, 15) is 32.7 Å². The monoisotopic (exact) mass is 425 g/mol. The number of imide groups is 1. The summed E-state index contributed by atoms with van der Waals surface area (Å²) in [6, 6.07) is 2.58. The lowest BCUT2D eigenvalue weighted by atomic mass is 9.91. The number of allylic oxidation sites excluding steroid dienone is 2. The molecule has 1 aliphatic heterocycles. The standard InChI is InChI=1S/C20H18F3NO6/c1-3-30-18(27)19(28,20(21,22)23)11-8-9-14(15(10-11)29-2)24-16(25)12-6-4-5-7-13(12)17(24)26/h4-10,12-13,28H,3H2,1-2H3. The smallest absolute Gasteiger partial charge is 0.432 e. The molecule has 1 saturated heterocycles. The van der Waals surface area contributed by atoms with Crippen LogP contribution in [-0.2, 0) is 24.7 Å². The molecule has 3 unspecified atom stereocenters. The quantitative estimate of drug-likeness (QED) is 0.575. The summed E-state index contributed by atoms with van der Waals surface area (Å²) in [7, 11) is 1.12. The summed E-state index contributed by atoms with van der Waals surface area (Å²) in [6.07, 6.45) is 0.983. The second kappa shape index (κ2) is 7.60. The highest BCUT2D eigenvalue weighted by Crippen LogP contribution is 2.44. The van der Waals surface area contributed by atoms with Gasteiger partial charge in [0.05, 0.1) is 31.2 Å². The van der Waals surface area contributed by atoms with Gasteiger partial charge in [0.15, 0.2) is 0 Å². The first-order chi connectivity index (χ1) is 14.1. The molecule has 3 rings (SSSR count). The molecule has 0 radical (unpaired) electrons. The van der Waals surface area contributed by atoms with Gasteiger partial charge in [-0.25, -0.2) is 9.69 Å². The van der Waals surface area contributed by atoms with Gasteiger partial charge < -0.3 is 14.6 Å². The summed E-state index contributed by atoms with van der Waals surface area (Å²) in [5, 5.41) is 10.2. The van der Waals surface area contributed by atoms with Gasteiger partial charge in [-0.3, -0.25) is 9.59 Å². The minimum Gasteiger partial charge on any atom is -0.495 e. The number of hydrogen-bond acceptors (Lipinski definition) is 6. The average molecular weight is 425 g/mol. The molecule has 0 aromatic heterocycles. The number of ether oxygens (including phenoxy) is 2. The van der Waals surface area contributed by atoms with Crippen LogP contribution in [0.25, 0.3) is 0 Å².